The third-order valence-corrected chi connectivity index (χ3v) is 5.01. The fourth-order valence-electron chi connectivity index (χ4n) is 3.30. The first-order chi connectivity index (χ1) is 10.1. The Labute approximate surface area is 148 Å². The van der Waals surface area contributed by atoms with Crippen molar-refractivity contribution in [1.82, 2.24) is 15.2 Å². The zero-order valence-corrected chi connectivity index (χ0v) is 15.1. The zero-order valence-electron chi connectivity index (χ0n) is 12.8. The van der Waals surface area contributed by atoms with Gasteiger partial charge < -0.3 is 10.2 Å². The van der Waals surface area contributed by atoms with Gasteiger partial charge in [0.25, 0.3) is 0 Å². The molecule has 7 heteroatoms. The van der Waals surface area contributed by atoms with Crippen LogP contribution in [-0.2, 0) is 0 Å². The highest BCUT2D eigenvalue weighted by Crippen LogP contribution is 2.29. The normalized spacial score (nSPS) is 26.0. The molecule has 0 saturated carbocycles. The SMILES string of the molecule is CC1(CN2CCN(c3ncc(Cl)cc3Cl)CC2)CCNC1.Cl. The Morgan fingerprint density at radius 1 is 1.27 bits per heavy atom. The molecule has 2 aliphatic heterocycles. The van der Waals surface area contributed by atoms with Gasteiger partial charge in [0.1, 0.15) is 5.82 Å². The maximum atomic E-state index is 6.25. The monoisotopic (exact) mass is 364 g/mol. The van der Waals surface area contributed by atoms with E-state index in [4.69, 9.17) is 23.2 Å². The second-order valence-corrected chi connectivity index (χ2v) is 7.30. The number of nitrogens with zero attached hydrogens (tertiary/aromatic N) is 3. The van der Waals surface area contributed by atoms with E-state index in [1.165, 1.54) is 13.0 Å². The third-order valence-electron chi connectivity index (χ3n) is 4.52. The minimum absolute atomic E-state index is 0. The highest BCUT2D eigenvalue weighted by atomic mass is 35.5. The van der Waals surface area contributed by atoms with Gasteiger partial charge >= 0.3 is 0 Å². The van der Waals surface area contributed by atoms with Gasteiger partial charge in [-0.15, -0.1) is 12.4 Å². The summed E-state index contributed by atoms with van der Waals surface area (Å²) in [5.74, 6) is 0.856. The van der Waals surface area contributed by atoms with E-state index >= 15 is 0 Å². The lowest BCUT2D eigenvalue weighted by molar-refractivity contribution is 0.169. The van der Waals surface area contributed by atoms with Gasteiger partial charge in [-0.25, -0.2) is 4.98 Å². The lowest BCUT2D eigenvalue weighted by Crippen LogP contribution is -2.50. The molecule has 0 radical (unpaired) electrons. The number of anilines is 1. The zero-order chi connectivity index (χ0) is 14.9. The quantitative estimate of drug-likeness (QED) is 0.892. The van der Waals surface area contributed by atoms with Crippen LogP contribution in [0.2, 0.25) is 10.0 Å². The molecule has 0 bridgehead atoms. The van der Waals surface area contributed by atoms with Gasteiger partial charge in [0.2, 0.25) is 0 Å². The number of hydrogen-bond acceptors (Lipinski definition) is 4. The van der Waals surface area contributed by atoms with Crippen molar-refractivity contribution < 1.29 is 0 Å². The van der Waals surface area contributed by atoms with Gasteiger partial charge in [-0.05, 0) is 24.4 Å². The summed E-state index contributed by atoms with van der Waals surface area (Å²) in [5, 5.41) is 4.70. The Morgan fingerprint density at radius 2 is 2.00 bits per heavy atom. The molecule has 3 rings (SSSR count). The standard InChI is InChI=1S/C15H22Cl2N4.ClH/c1-15(2-3-18-10-15)11-20-4-6-21(7-5-20)14-13(17)8-12(16)9-19-14;/h8-9,18H,2-7,10-11H2,1H3;1H. The minimum atomic E-state index is 0. The molecular weight excluding hydrogens is 343 g/mol. The van der Waals surface area contributed by atoms with Gasteiger partial charge in [-0.1, -0.05) is 30.1 Å². The number of aromatic nitrogens is 1. The molecule has 2 aliphatic rings. The molecule has 2 saturated heterocycles. The van der Waals surface area contributed by atoms with E-state index in [1.54, 1.807) is 12.3 Å². The molecule has 4 nitrogen and oxygen atoms in total. The first-order valence-corrected chi connectivity index (χ1v) is 8.30. The Morgan fingerprint density at radius 3 is 2.59 bits per heavy atom. The molecular formula is C15H23Cl3N4. The summed E-state index contributed by atoms with van der Waals surface area (Å²) in [6, 6.07) is 1.77. The van der Waals surface area contributed by atoms with Crippen LogP contribution in [0.1, 0.15) is 13.3 Å². The van der Waals surface area contributed by atoms with Crippen LogP contribution >= 0.6 is 35.6 Å². The number of rotatable bonds is 3. The molecule has 1 N–H and O–H groups in total. The molecule has 22 heavy (non-hydrogen) atoms. The second-order valence-electron chi connectivity index (χ2n) is 6.46. The first-order valence-electron chi connectivity index (χ1n) is 7.55. The molecule has 1 unspecified atom stereocenters. The molecule has 1 aromatic rings. The maximum Gasteiger partial charge on any atom is 0.147 e. The fraction of sp³-hybridized carbons (Fsp3) is 0.667. The van der Waals surface area contributed by atoms with Crippen molar-refractivity contribution >= 4 is 41.4 Å². The van der Waals surface area contributed by atoms with Crippen molar-refractivity contribution in [3.63, 3.8) is 0 Å². The fourth-order valence-corrected chi connectivity index (χ4v) is 3.80. The van der Waals surface area contributed by atoms with E-state index in [-0.39, 0.29) is 12.4 Å². The smallest absolute Gasteiger partial charge is 0.147 e. The Hall–Kier alpha value is -0.260. The number of hydrogen-bond donors (Lipinski definition) is 1. The molecule has 1 atom stereocenters. The molecule has 2 fully saturated rings. The molecule has 1 aromatic heterocycles. The summed E-state index contributed by atoms with van der Waals surface area (Å²) in [5.41, 5.74) is 0.429. The largest absolute Gasteiger partial charge is 0.353 e. The average molecular weight is 366 g/mol. The highest BCUT2D eigenvalue weighted by molar-refractivity contribution is 6.36. The van der Waals surface area contributed by atoms with Crippen LogP contribution in [0.4, 0.5) is 5.82 Å². The van der Waals surface area contributed by atoms with Crippen LogP contribution in [-0.4, -0.2) is 55.7 Å². The lowest BCUT2D eigenvalue weighted by Gasteiger charge is -2.39. The number of pyridine rings is 1. The lowest BCUT2D eigenvalue weighted by atomic mass is 9.89. The molecule has 0 spiro atoms. The minimum Gasteiger partial charge on any atom is -0.353 e. The second kappa shape index (κ2) is 7.54. The van der Waals surface area contributed by atoms with Crippen LogP contribution in [0.5, 0.6) is 0 Å². The van der Waals surface area contributed by atoms with Crippen molar-refractivity contribution in [3.05, 3.63) is 22.3 Å². The van der Waals surface area contributed by atoms with E-state index in [0.29, 0.717) is 15.5 Å². The molecule has 0 aliphatic carbocycles. The Balaban J connectivity index is 0.00000176. The Bertz CT molecular complexity index is 498. The summed E-state index contributed by atoms with van der Waals surface area (Å²) in [7, 11) is 0. The predicted octanol–water partition coefficient (Wildman–Crippen LogP) is 2.93. The van der Waals surface area contributed by atoms with Gasteiger partial charge in [0.05, 0.1) is 10.0 Å². The highest BCUT2D eigenvalue weighted by Gasteiger charge is 2.32. The maximum absolute atomic E-state index is 6.25. The summed E-state index contributed by atoms with van der Waals surface area (Å²) in [6.07, 6.45) is 2.94. The van der Waals surface area contributed by atoms with E-state index in [0.717, 1.165) is 45.1 Å². The van der Waals surface area contributed by atoms with Gasteiger partial charge in [0.15, 0.2) is 0 Å². The summed E-state index contributed by atoms with van der Waals surface area (Å²) >= 11 is 12.2. The van der Waals surface area contributed by atoms with Crippen LogP contribution in [0, 0.1) is 5.41 Å². The van der Waals surface area contributed by atoms with E-state index in [2.05, 4.69) is 27.0 Å². The molecule has 3 heterocycles. The summed E-state index contributed by atoms with van der Waals surface area (Å²) in [6.45, 7) is 9.92. The third kappa shape index (κ3) is 4.18. The topological polar surface area (TPSA) is 31.4 Å². The van der Waals surface area contributed by atoms with Crippen molar-refractivity contribution in [2.75, 3.05) is 50.7 Å². The van der Waals surface area contributed by atoms with Gasteiger partial charge in [0, 0.05) is 45.5 Å². The van der Waals surface area contributed by atoms with E-state index in [1.807, 2.05) is 0 Å². The Kier molecular flexibility index (Phi) is 6.20. The number of halogens is 3. The predicted molar refractivity (Wildman–Crippen MR) is 95.8 cm³/mol. The van der Waals surface area contributed by atoms with Crippen LogP contribution in [0.15, 0.2) is 12.3 Å². The molecule has 0 amide bonds. The van der Waals surface area contributed by atoms with Crippen molar-refractivity contribution in [2.24, 2.45) is 5.41 Å². The van der Waals surface area contributed by atoms with Gasteiger partial charge in [-0.2, -0.15) is 0 Å². The number of nitrogens with one attached hydrogen (secondary N) is 1. The molecule has 0 aromatic carbocycles. The first kappa shape index (κ1) is 18.1. The average Bonchev–Trinajstić information content (AvgIpc) is 2.87. The van der Waals surface area contributed by atoms with E-state index < -0.39 is 0 Å². The van der Waals surface area contributed by atoms with Crippen LogP contribution < -0.4 is 10.2 Å². The summed E-state index contributed by atoms with van der Waals surface area (Å²) < 4.78 is 0. The van der Waals surface area contributed by atoms with Crippen molar-refractivity contribution in [2.45, 2.75) is 13.3 Å². The van der Waals surface area contributed by atoms with Crippen molar-refractivity contribution in [1.29, 1.82) is 0 Å². The van der Waals surface area contributed by atoms with Crippen LogP contribution in [0.25, 0.3) is 0 Å². The molecule has 124 valence electrons. The van der Waals surface area contributed by atoms with Crippen LogP contribution in [0.3, 0.4) is 0 Å². The number of piperazine rings is 1. The van der Waals surface area contributed by atoms with E-state index in [9.17, 15) is 0 Å². The van der Waals surface area contributed by atoms with Gasteiger partial charge in [-0.3, -0.25) is 4.90 Å². The summed E-state index contributed by atoms with van der Waals surface area (Å²) in [4.78, 5) is 9.19. The van der Waals surface area contributed by atoms with Crippen molar-refractivity contribution in [3.8, 4) is 0 Å².